The van der Waals surface area contributed by atoms with Crippen molar-refractivity contribution < 1.29 is 0 Å². The third kappa shape index (κ3) is 6.22. The molecule has 134 valence electrons. The van der Waals surface area contributed by atoms with Crippen molar-refractivity contribution in [2.45, 2.75) is 86.5 Å². The summed E-state index contributed by atoms with van der Waals surface area (Å²) in [6.45, 7) is 13.7. The zero-order chi connectivity index (χ0) is 17.1. The second-order valence-electron chi connectivity index (χ2n) is 6.78. The van der Waals surface area contributed by atoms with Crippen molar-refractivity contribution in [3.8, 4) is 0 Å². The number of thiazole rings is 1. The number of rotatable bonds is 13. The Morgan fingerprint density at radius 3 is 1.74 bits per heavy atom. The number of anilines is 1. The molecule has 4 heteroatoms. The van der Waals surface area contributed by atoms with Crippen LogP contribution in [0, 0.1) is 0 Å². The zero-order valence-electron chi connectivity index (χ0n) is 16.2. The summed E-state index contributed by atoms with van der Waals surface area (Å²) in [5.74, 6) is 0. The molecule has 0 fully saturated rings. The molecule has 23 heavy (non-hydrogen) atoms. The van der Waals surface area contributed by atoms with Crippen LogP contribution in [0.15, 0.2) is 5.38 Å². The van der Waals surface area contributed by atoms with Gasteiger partial charge in [-0.05, 0) is 0 Å². The number of unbranched alkanes of at least 4 members (excludes halogenated alkanes) is 3. The predicted octanol–water partition coefficient (Wildman–Crippen LogP) is 6.05. The van der Waals surface area contributed by atoms with Crippen LogP contribution in [0.2, 0.25) is 13.3 Å². The van der Waals surface area contributed by atoms with Crippen molar-refractivity contribution >= 4 is 38.6 Å². The number of hydrogen-bond acceptors (Lipinski definition) is 3. The molecule has 0 aliphatic carbocycles. The van der Waals surface area contributed by atoms with Gasteiger partial charge in [0, 0.05) is 0 Å². The van der Waals surface area contributed by atoms with E-state index in [9.17, 15) is 0 Å². The van der Waals surface area contributed by atoms with E-state index in [1.54, 1.807) is 3.71 Å². The molecule has 0 saturated carbocycles. The Morgan fingerprint density at radius 2 is 1.35 bits per heavy atom. The molecule has 0 aliphatic heterocycles. The minimum atomic E-state index is -2.30. The molecule has 0 unspecified atom stereocenters. The van der Waals surface area contributed by atoms with Crippen LogP contribution in [0.25, 0.3) is 0 Å². The summed E-state index contributed by atoms with van der Waals surface area (Å²) in [7, 11) is 0. The molecule has 0 amide bonds. The molecule has 1 aromatic rings. The van der Waals surface area contributed by atoms with Crippen LogP contribution in [0.4, 0.5) is 5.13 Å². The van der Waals surface area contributed by atoms with Crippen molar-refractivity contribution in [3.05, 3.63) is 5.38 Å². The normalized spacial score (nSPS) is 11.9. The van der Waals surface area contributed by atoms with E-state index in [0.29, 0.717) is 0 Å². The van der Waals surface area contributed by atoms with Crippen LogP contribution < -0.4 is 8.61 Å². The summed E-state index contributed by atoms with van der Waals surface area (Å²) in [6, 6.07) is 0. The molecule has 0 radical (unpaired) electrons. The van der Waals surface area contributed by atoms with E-state index in [-0.39, 0.29) is 0 Å². The molecule has 0 aliphatic rings. The first-order valence-electron chi connectivity index (χ1n) is 9.88. The van der Waals surface area contributed by atoms with Crippen molar-refractivity contribution in [2.75, 3.05) is 18.0 Å². The van der Waals surface area contributed by atoms with Gasteiger partial charge >= 0.3 is 153 Å². The first-order chi connectivity index (χ1) is 11.2. The van der Waals surface area contributed by atoms with Gasteiger partial charge in [-0.2, -0.15) is 0 Å². The Kier molecular flexibility index (Phi) is 10.8. The van der Waals surface area contributed by atoms with Gasteiger partial charge in [0.1, 0.15) is 0 Å². The van der Waals surface area contributed by atoms with Gasteiger partial charge < -0.3 is 0 Å². The Bertz CT molecular complexity index is 393. The molecular formula is C19H38N2SSn. The van der Waals surface area contributed by atoms with Gasteiger partial charge in [0.05, 0.1) is 0 Å². The van der Waals surface area contributed by atoms with Gasteiger partial charge in [0.2, 0.25) is 0 Å². The van der Waals surface area contributed by atoms with Crippen LogP contribution in [0.5, 0.6) is 0 Å². The summed E-state index contributed by atoms with van der Waals surface area (Å²) >= 11 is -0.400. The third-order valence-electron chi connectivity index (χ3n) is 5.10. The molecule has 0 aromatic carbocycles. The Balaban J connectivity index is 3.08. The van der Waals surface area contributed by atoms with Gasteiger partial charge in [0.25, 0.3) is 0 Å². The van der Waals surface area contributed by atoms with E-state index in [4.69, 9.17) is 4.98 Å². The van der Waals surface area contributed by atoms with Gasteiger partial charge in [-0.15, -0.1) is 0 Å². The predicted molar refractivity (Wildman–Crippen MR) is 110 cm³/mol. The van der Waals surface area contributed by atoms with Crippen molar-refractivity contribution in [1.82, 2.24) is 4.98 Å². The van der Waals surface area contributed by atoms with Crippen molar-refractivity contribution in [3.63, 3.8) is 0 Å². The number of nitrogens with zero attached hydrogens (tertiary/aromatic N) is 2. The zero-order valence-corrected chi connectivity index (χ0v) is 19.8. The molecule has 0 N–H and O–H groups in total. The average molecular weight is 445 g/mol. The molecule has 1 rings (SSSR count). The Labute approximate surface area is 153 Å². The Morgan fingerprint density at radius 1 is 0.870 bits per heavy atom. The molecule has 0 atom stereocenters. The molecule has 0 bridgehead atoms. The van der Waals surface area contributed by atoms with Crippen LogP contribution in [-0.4, -0.2) is 36.5 Å². The quantitative estimate of drug-likeness (QED) is 0.344. The fourth-order valence-corrected chi connectivity index (χ4v) is 21.5. The number of aromatic nitrogens is 1. The Hall–Kier alpha value is 0.229. The summed E-state index contributed by atoms with van der Waals surface area (Å²) in [6.07, 6.45) is 8.27. The van der Waals surface area contributed by atoms with Crippen LogP contribution in [-0.2, 0) is 0 Å². The fraction of sp³-hybridized carbons (Fsp3) is 0.842. The van der Waals surface area contributed by atoms with E-state index in [1.807, 2.05) is 11.3 Å². The van der Waals surface area contributed by atoms with Crippen molar-refractivity contribution in [1.29, 1.82) is 0 Å². The molecule has 2 nitrogen and oxygen atoms in total. The third-order valence-corrected chi connectivity index (χ3v) is 21.6. The van der Waals surface area contributed by atoms with E-state index in [2.05, 4.69) is 44.9 Å². The van der Waals surface area contributed by atoms with Crippen molar-refractivity contribution in [2.24, 2.45) is 0 Å². The van der Waals surface area contributed by atoms with E-state index >= 15 is 0 Å². The van der Waals surface area contributed by atoms with Gasteiger partial charge in [-0.25, -0.2) is 0 Å². The van der Waals surface area contributed by atoms with E-state index in [1.165, 1.54) is 57.0 Å². The van der Waals surface area contributed by atoms with Crippen LogP contribution in [0.1, 0.15) is 73.1 Å². The summed E-state index contributed by atoms with van der Waals surface area (Å²) in [4.78, 5) is 7.64. The van der Waals surface area contributed by atoms with Gasteiger partial charge in [-0.1, -0.05) is 0 Å². The van der Waals surface area contributed by atoms with E-state index < -0.39 is 18.4 Å². The second kappa shape index (κ2) is 11.7. The molecule has 1 aromatic heterocycles. The standard InChI is InChI=1S/C7H11N2S.3C4H9.Sn/c1-3-9(4-2)7-8-5-6-10-7;3*1-3-4-2;/h6H,3-4H2,1-2H3;3*1,3-4H2,2H3;. The van der Waals surface area contributed by atoms with E-state index in [0.717, 1.165) is 13.1 Å². The van der Waals surface area contributed by atoms with Crippen LogP contribution in [0.3, 0.4) is 0 Å². The van der Waals surface area contributed by atoms with Gasteiger partial charge in [-0.3, -0.25) is 0 Å². The SMILES string of the molecule is CCC[CH2][Sn]([CH2]CCC)([CH2]CCC)[c]1csc(N(CC)CC)n1. The number of hydrogen-bond donors (Lipinski definition) is 0. The van der Waals surface area contributed by atoms with Gasteiger partial charge in [0.15, 0.2) is 0 Å². The molecule has 0 saturated heterocycles. The monoisotopic (exact) mass is 446 g/mol. The van der Waals surface area contributed by atoms with Crippen LogP contribution >= 0.6 is 11.3 Å². The average Bonchev–Trinajstić information content (AvgIpc) is 3.06. The fourth-order valence-electron chi connectivity index (χ4n) is 3.45. The summed E-state index contributed by atoms with van der Waals surface area (Å²) < 4.78 is 6.16. The first-order valence-corrected chi connectivity index (χ1v) is 18.2. The summed E-state index contributed by atoms with van der Waals surface area (Å²) in [5, 5.41) is 3.74. The summed E-state index contributed by atoms with van der Waals surface area (Å²) in [5.41, 5.74) is 0. The minimum absolute atomic E-state index is 1.07. The topological polar surface area (TPSA) is 16.1 Å². The molecule has 1 heterocycles. The maximum absolute atomic E-state index is 5.22. The maximum atomic E-state index is 5.22. The first kappa shape index (κ1) is 21.3. The molecular weight excluding hydrogens is 407 g/mol. The second-order valence-corrected chi connectivity index (χ2v) is 20.7. The molecule has 0 spiro atoms.